The van der Waals surface area contributed by atoms with Crippen LogP contribution in [0.15, 0.2) is 18.2 Å². The van der Waals surface area contributed by atoms with E-state index in [1.54, 1.807) is 7.11 Å². The van der Waals surface area contributed by atoms with E-state index in [4.69, 9.17) is 9.47 Å². The lowest BCUT2D eigenvalue weighted by atomic mass is 10.2. The maximum Gasteiger partial charge on any atom is 0.121 e. The van der Waals surface area contributed by atoms with Crippen LogP contribution in [0.2, 0.25) is 0 Å². The van der Waals surface area contributed by atoms with E-state index in [2.05, 4.69) is 18.3 Å². The molecule has 1 aromatic rings. The molecule has 0 spiro atoms. The zero-order chi connectivity index (χ0) is 12.5. The standard InChI is InChI=1S/C14H23NO2/c1-4-5-9-17-10-8-15-13-6-7-14(16-3)12(2)11-13/h6-7,11,15H,4-5,8-10H2,1-3H3. The van der Waals surface area contributed by atoms with Crippen LogP contribution < -0.4 is 10.1 Å². The fourth-order valence-electron chi connectivity index (χ4n) is 1.60. The van der Waals surface area contributed by atoms with Gasteiger partial charge < -0.3 is 14.8 Å². The van der Waals surface area contributed by atoms with Gasteiger partial charge in [-0.1, -0.05) is 13.3 Å². The highest BCUT2D eigenvalue weighted by atomic mass is 16.5. The Morgan fingerprint density at radius 3 is 2.71 bits per heavy atom. The molecule has 0 aliphatic heterocycles. The quantitative estimate of drug-likeness (QED) is 0.704. The van der Waals surface area contributed by atoms with Crippen LogP contribution in [0.5, 0.6) is 5.75 Å². The summed E-state index contributed by atoms with van der Waals surface area (Å²) in [6, 6.07) is 6.10. The molecule has 0 unspecified atom stereocenters. The molecule has 17 heavy (non-hydrogen) atoms. The lowest BCUT2D eigenvalue weighted by Crippen LogP contribution is -2.10. The Kier molecular flexibility index (Phi) is 6.48. The van der Waals surface area contributed by atoms with Crippen molar-refractivity contribution in [2.45, 2.75) is 26.7 Å². The van der Waals surface area contributed by atoms with Gasteiger partial charge >= 0.3 is 0 Å². The second kappa shape index (κ2) is 7.96. The summed E-state index contributed by atoms with van der Waals surface area (Å²) < 4.78 is 10.7. The molecular weight excluding hydrogens is 214 g/mol. The molecular formula is C14H23NO2. The van der Waals surface area contributed by atoms with E-state index in [0.717, 1.165) is 43.2 Å². The van der Waals surface area contributed by atoms with Gasteiger partial charge in [0.05, 0.1) is 13.7 Å². The molecule has 1 rings (SSSR count). The van der Waals surface area contributed by atoms with Crippen molar-refractivity contribution in [2.24, 2.45) is 0 Å². The second-order valence-electron chi connectivity index (χ2n) is 4.08. The van der Waals surface area contributed by atoms with Crippen molar-refractivity contribution < 1.29 is 9.47 Å². The molecule has 0 bridgehead atoms. The molecule has 0 heterocycles. The summed E-state index contributed by atoms with van der Waals surface area (Å²) in [5.41, 5.74) is 2.26. The predicted octanol–water partition coefficient (Wildman–Crippen LogP) is 3.23. The first-order chi connectivity index (χ1) is 8.27. The first kappa shape index (κ1) is 13.8. The van der Waals surface area contributed by atoms with Crippen LogP contribution in [0, 0.1) is 6.92 Å². The van der Waals surface area contributed by atoms with Crippen molar-refractivity contribution in [3.05, 3.63) is 23.8 Å². The van der Waals surface area contributed by atoms with Gasteiger partial charge in [-0.3, -0.25) is 0 Å². The smallest absolute Gasteiger partial charge is 0.121 e. The lowest BCUT2D eigenvalue weighted by Gasteiger charge is -2.10. The number of methoxy groups -OCH3 is 1. The van der Waals surface area contributed by atoms with Crippen LogP contribution >= 0.6 is 0 Å². The molecule has 0 saturated heterocycles. The minimum absolute atomic E-state index is 0.755. The van der Waals surface area contributed by atoms with Gasteiger partial charge in [-0.2, -0.15) is 0 Å². The van der Waals surface area contributed by atoms with Crippen molar-refractivity contribution in [3.8, 4) is 5.75 Å². The molecule has 1 aromatic carbocycles. The fraction of sp³-hybridized carbons (Fsp3) is 0.571. The number of hydrogen-bond acceptors (Lipinski definition) is 3. The Bertz CT molecular complexity index is 326. The van der Waals surface area contributed by atoms with Gasteiger partial charge in [-0.15, -0.1) is 0 Å². The maximum atomic E-state index is 5.48. The Morgan fingerprint density at radius 2 is 2.06 bits per heavy atom. The van der Waals surface area contributed by atoms with Gasteiger partial charge in [0.15, 0.2) is 0 Å². The van der Waals surface area contributed by atoms with Crippen LogP contribution in [-0.2, 0) is 4.74 Å². The molecule has 0 radical (unpaired) electrons. The average Bonchev–Trinajstić information content (AvgIpc) is 2.34. The van der Waals surface area contributed by atoms with Crippen LogP contribution in [0.25, 0.3) is 0 Å². The number of rotatable bonds is 8. The molecule has 3 heteroatoms. The van der Waals surface area contributed by atoms with Crippen LogP contribution in [0.1, 0.15) is 25.3 Å². The van der Waals surface area contributed by atoms with E-state index in [1.165, 1.54) is 6.42 Å². The van der Waals surface area contributed by atoms with Gasteiger partial charge in [0, 0.05) is 18.8 Å². The minimum Gasteiger partial charge on any atom is -0.496 e. The van der Waals surface area contributed by atoms with Crippen molar-refractivity contribution >= 4 is 5.69 Å². The minimum atomic E-state index is 0.755. The topological polar surface area (TPSA) is 30.5 Å². The third kappa shape index (κ3) is 5.09. The zero-order valence-electron chi connectivity index (χ0n) is 11.1. The number of unbranched alkanes of at least 4 members (excludes halogenated alkanes) is 1. The first-order valence-electron chi connectivity index (χ1n) is 6.24. The van der Waals surface area contributed by atoms with Crippen LogP contribution in [-0.4, -0.2) is 26.9 Å². The maximum absolute atomic E-state index is 5.48. The van der Waals surface area contributed by atoms with E-state index in [1.807, 2.05) is 19.1 Å². The normalized spacial score (nSPS) is 10.3. The number of nitrogens with one attached hydrogen (secondary N) is 1. The van der Waals surface area contributed by atoms with Gasteiger partial charge in [-0.05, 0) is 37.1 Å². The summed E-state index contributed by atoms with van der Waals surface area (Å²) in [7, 11) is 1.69. The summed E-state index contributed by atoms with van der Waals surface area (Å²) >= 11 is 0. The Balaban J connectivity index is 2.25. The SMILES string of the molecule is CCCCOCCNc1ccc(OC)c(C)c1. The highest BCUT2D eigenvalue weighted by Crippen LogP contribution is 2.20. The van der Waals surface area contributed by atoms with Gasteiger partial charge in [0.25, 0.3) is 0 Å². The Labute approximate surface area is 104 Å². The van der Waals surface area contributed by atoms with E-state index in [9.17, 15) is 0 Å². The molecule has 0 aliphatic carbocycles. The summed E-state index contributed by atoms with van der Waals surface area (Å²) in [4.78, 5) is 0. The van der Waals surface area contributed by atoms with Crippen molar-refractivity contribution in [3.63, 3.8) is 0 Å². The highest BCUT2D eigenvalue weighted by Gasteiger charge is 1.99. The molecule has 0 fully saturated rings. The third-order valence-corrected chi connectivity index (χ3v) is 2.61. The second-order valence-corrected chi connectivity index (χ2v) is 4.08. The molecule has 0 aromatic heterocycles. The van der Waals surface area contributed by atoms with E-state index in [0.29, 0.717) is 0 Å². The van der Waals surface area contributed by atoms with Crippen molar-refractivity contribution in [1.82, 2.24) is 0 Å². The Morgan fingerprint density at radius 1 is 1.24 bits per heavy atom. The summed E-state index contributed by atoms with van der Waals surface area (Å²) in [6.07, 6.45) is 2.33. The van der Waals surface area contributed by atoms with Crippen LogP contribution in [0.3, 0.4) is 0 Å². The summed E-state index contributed by atoms with van der Waals surface area (Å²) in [6.45, 7) is 6.67. The van der Waals surface area contributed by atoms with Crippen LogP contribution in [0.4, 0.5) is 5.69 Å². The average molecular weight is 237 g/mol. The summed E-state index contributed by atoms with van der Waals surface area (Å²) in [5.74, 6) is 0.926. The molecule has 0 saturated carbocycles. The number of hydrogen-bond donors (Lipinski definition) is 1. The largest absolute Gasteiger partial charge is 0.496 e. The van der Waals surface area contributed by atoms with E-state index >= 15 is 0 Å². The molecule has 1 N–H and O–H groups in total. The zero-order valence-corrected chi connectivity index (χ0v) is 11.1. The predicted molar refractivity (Wildman–Crippen MR) is 71.9 cm³/mol. The number of benzene rings is 1. The third-order valence-electron chi connectivity index (χ3n) is 2.61. The van der Waals surface area contributed by atoms with Gasteiger partial charge in [0.1, 0.15) is 5.75 Å². The molecule has 0 atom stereocenters. The number of ether oxygens (including phenoxy) is 2. The molecule has 0 aliphatic rings. The first-order valence-corrected chi connectivity index (χ1v) is 6.24. The number of anilines is 1. The van der Waals surface area contributed by atoms with Crippen molar-refractivity contribution in [2.75, 3.05) is 32.2 Å². The molecule has 96 valence electrons. The highest BCUT2D eigenvalue weighted by molar-refractivity contribution is 5.50. The molecule has 3 nitrogen and oxygen atoms in total. The molecule has 0 amide bonds. The van der Waals surface area contributed by atoms with Crippen molar-refractivity contribution in [1.29, 1.82) is 0 Å². The summed E-state index contributed by atoms with van der Waals surface area (Å²) in [5, 5.41) is 3.33. The monoisotopic (exact) mass is 237 g/mol. The Hall–Kier alpha value is -1.22. The fourth-order valence-corrected chi connectivity index (χ4v) is 1.60. The number of aryl methyl sites for hydroxylation is 1. The van der Waals surface area contributed by atoms with Gasteiger partial charge in [0.2, 0.25) is 0 Å². The van der Waals surface area contributed by atoms with E-state index in [-0.39, 0.29) is 0 Å². The van der Waals surface area contributed by atoms with E-state index < -0.39 is 0 Å². The van der Waals surface area contributed by atoms with Gasteiger partial charge in [-0.25, -0.2) is 0 Å². The lowest BCUT2D eigenvalue weighted by molar-refractivity contribution is 0.141.